The van der Waals surface area contributed by atoms with E-state index >= 15 is 0 Å². The van der Waals surface area contributed by atoms with Crippen molar-refractivity contribution < 1.29 is 22.8 Å². The number of hydrogen-bond donors (Lipinski definition) is 1. The minimum atomic E-state index is -4.53. The van der Waals surface area contributed by atoms with Crippen LogP contribution in [0.5, 0.6) is 0 Å². The molecule has 1 atom stereocenters. The van der Waals surface area contributed by atoms with Gasteiger partial charge >= 0.3 is 6.18 Å². The minimum Gasteiger partial charge on any atom is -0.342 e. The van der Waals surface area contributed by atoms with Gasteiger partial charge < -0.3 is 10.2 Å². The lowest BCUT2D eigenvalue weighted by Gasteiger charge is -2.32. The number of hydrogen-bond acceptors (Lipinski definition) is 3. The number of halogens is 3. The van der Waals surface area contributed by atoms with Crippen LogP contribution >= 0.6 is 0 Å². The fourth-order valence-corrected chi connectivity index (χ4v) is 2.54. The maximum atomic E-state index is 12.3. The number of piperidine rings is 1. The molecule has 0 spiro atoms. The standard InChI is InChI=1S/C15H18F3N3O2/c1-10-4-2-6-12(19-10)20-14(23)11-5-3-7-21(9-11)13(22)8-15(16,17)18/h2,4,6,11H,3,5,7-9H2,1H3,(H,19,20,23)/t11-/m1/s1. The molecule has 2 heterocycles. The number of likely N-dealkylation sites (tertiary alicyclic amines) is 1. The van der Waals surface area contributed by atoms with Gasteiger partial charge in [0.25, 0.3) is 0 Å². The van der Waals surface area contributed by atoms with E-state index < -0.39 is 24.4 Å². The smallest absolute Gasteiger partial charge is 0.342 e. The summed E-state index contributed by atoms with van der Waals surface area (Å²) in [6.45, 7) is 2.04. The summed E-state index contributed by atoms with van der Waals surface area (Å²) < 4.78 is 36.9. The number of aromatic nitrogens is 1. The number of anilines is 1. The van der Waals surface area contributed by atoms with Crippen LogP contribution in [0.2, 0.25) is 0 Å². The first-order valence-corrected chi connectivity index (χ1v) is 7.33. The zero-order valence-corrected chi connectivity index (χ0v) is 12.7. The second-order valence-electron chi connectivity index (χ2n) is 5.62. The summed E-state index contributed by atoms with van der Waals surface area (Å²) in [6, 6.07) is 5.17. The van der Waals surface area contributed by atoms with Crippen molar-refractivity contribution in [1.29, 1.82) is 0 Å². The number of pyridine rings is 1. The molecule has 1 aliphatic rings. The number of carbonyl (C=O) groups excluding carboxylic acids is 2. The molecule has 1 N–H and O–H groups in total. The maximum absolute atomic E-state index is 12.3. The zero-order chi connectivity index (χ0) is 17.0. The van der Waals surface area contributed by atoms with Gasteiger partial charge in [0, 0.05) is 18.8 Å². The van der Waals surface area contributed by atoms with E-state index in [-0.39, 0.29) is 19.0 Å². The predicted octanol–water partition coefficient (Wildman–Crippen LogP) is 2.52. The van der Waals surface area contributed by atoms with Crippen LogP contribution in [0.4, 0.5) is 19.0 Å². The first kappa shape index (κ1) is 17.2. The van der Waals surface area contributed by atoms with Crippen molar-refractivity contribution in [2.45, 2.75) is 32.4 Å². The molecule has 1 aliphatic heterocycles. The third-order valence-electron chi connectivity index (χ3n) is 3.64. The van der Waals surface area contributed by atoms with Crippen molar-refractivity contribution in [2.75, 3.05) is 18.4 Å². The summed E-state index contributed by atoms with van der Waals surface area (Å²) in [5, 5.41) is 2.65. The molecule has 23 heavy (non-hydrogen) atoms. The van der Waals surface area contributed by atoms with Crippen molar-refractivity contribution >= 4 is 17.6 Å². The highest BCUT2D eigenvalue weighted by molar-refractivity contribution is 5.92. The molecule has 1 saturated heterocycles. The lowest BCUT2D eigenvalue weighted by atomic mass is 9.97. The van der Waals surface area contributed by atoms with Gasteiger partial charge in [-0.1, -0.05) is 6.07 Å². The zero-order valence-electron chi connectivity index (χ0n) is 12.7. The fourth-order valence-electron chi connectivity index (χ4n) is 2.54. The molecule has 0 aromatic carbocycles. The van der Waals surface area contributed by atoms with Gasteiger partial charge in [0.15, 0.2) is 0 Å². The van der Waals surface area contributed by atoms with Crippen LogP contribution in [0, 0.1) is 12.8 Å². The van der Waals surface area contributed by atoms with E-state index in [0.29, 0.717) is 18.7 Å². The molecule has 2 rings (SSSR count). The first-order valence-electron chi connectivity index (χ1n) is 7.33. The molecule has 0 unspecified atom stereocenters. The largest absolute Gasteiger partial charge is 0.397 e. The number of rotatable bonds is 3. The van der Waals surface area contributed by atoms with Crippen LogP contribution in [0.15, 0.2) is 18.2 Å². The van der Waals surface area contributed by atoms with Crippen molar-refractivity contribution in [1.82, 2.24) is 9.88 Å². The lowest BCUT2D eigenvalue weighted by Crippen LogP contribution is -2.44. The van der Waals surface area contributed by atoms with Crippen molar-refractivity contribution in [3.8, 4) is 0 Å². The van der Waals surface area contributed by atoms with Crippen LogP contribution < -0.4 is 5.32 Å². The number of alkyl halides is 3. The van der Waals surface area contributed by atoms with E-state index in [1.54, 1.807) is 25.1 Å². The predicted molar refractivity (Wildman–Crippen MR) is 77.6 cm³/mol. The monoisotopic (exact) mass is 329 g/mol. The molecule has 0 bridgehead atoms. The van der Waals surface area contributed by atoms with Crippen LogP contribution in [0.3, 0.4) is 0 Å². The van der Waals surface area contributed by atoms with Crippen LogP contribution in [0.25, 0.3) is 0 Å². The van der Waals surface area contributed by atoms with Gasteiger partial charge in [-0.05, 0) is 31.9 Å². The maximum Gasteiger partial charge on any atom is 0.397 e. The number of aryl methyl sites for hydroxylation is 1. The van der Waals surface area contributed by atoms with E-state index in [1.165, 1.54) is 0 Å². The first-order chi connectivity index (χ1) is 10.7. The summed E-state index contributed by atoms with van der Waals surface area (Å²) in [5.74, 6) is -1.44. The average Bonchev–Trinajstić information content (AvgIpc) is 2.45. The van der Waals surface area contributed by atoms with Gasteiger partial charge in [-0.2, -0.15) is 13.2 Å². The van der Waals surface area contributed by atoms with Crippen LogP contribution in [-0.4, -0.2) is 41.0 Å². The lowest BCUT2D eigenvalue weighted by molar-refractivity contribution is -0.162. The Bertz CT molecular complexity index is 590. The SMILES string of the molecule is Cc1cccc(NC(=O)[C@@H]2CCCN(C(=O)CC(F)(F)F)C2)n1. The Morgan fingerprint density at radius 3 is 2.78 bits per heavy atom. The van der Waals surface area contributed by atoms with Gasteiger partial charge in [0.2, 0.25) is 11.8 Å². The van der Waals surface area contributed by atoms with Crippen LogP contribution in [-0.2, 0) is 9.59 Å². The van der Waals surface area contributed by atoms with Gasteiger partial charge in [-0.25, -0.2) is 4.98 Å². The Hall–Kier alpha value is -2.12. The number of nitrogens with one attached hydrogen (secondary N) is 1. The summed E-state index contributed by atoms with van der Waals surface area (Å²) in [6.07, 6.45) is -4.98. The number of amides is 2. The summed E-state index contributed by atoms with van der Waals surface area (Å²) >= 11 is 0. The third kappa shape index (κ3) is 5.22. The second kappa shape index (κ2) is 6.97. The Morgan fingerprint density at radius 1 is 1.39 bits per heavy atom. The molecule has 1 aromatic heterocycles. The van der Waals surface area contributed by atoms with Gasteiger partial charge in [-0.3, -0.25) is 9.59 Å². The van der Waals surface area contributed by atoms with Crippen LogP contribution in [0.1, 0.15) is 25.0 Å². The highest BCUT2D eigenvalue weighted by atomic mass is 19.4. The van der Waals surface area contributed by atoms with Crippen molar-refractivity contribution in [2.24, 2.45) is 5.92 Å². The number of nitrogens with zero attached hydrogens (tertiary/aromatic N) is 2. The molecule has 126 valence electrons. The molecule has 0 aliphatic carbocycles. The van der Waals surface area contributed by atoms with E-state index in [1.807, 2.05) is 0 Å². The average molecular weight is 329 g/mol. The van der Waals surface area contributed by atoms with E-state index in [0.717, 1.165) is 10.6 Å². The molecule has 1 fully saturated rings. The summed E-state index contributed by atoms with van der Waals surface area (Å²) in [5.41, 5.74) is 0.744. The summed E-state index contributed by atoms with van der Waals surface area (Å²) in [7, 11) is 0. The van der Waals surface area contributed by atoms with Gasteiger partial charge in [0.05, 0.1) is 5.92 Å². The molecule has 1 aromatic rings. The summed E-state index contributed by atoms with van der Waals surface area (Å²) in [4.78, 5) is 29.1. The Morgan fingerprint density at radius 2 is 2.13 bits per heavy atom. The normalized spacial score (nSPS) is 18.6. The second-order valence-corrected chi connectivity index (χ2v) is 5.62. The highest BCUT2D eigenvalue weighted by Crippen LogP contribution is 2.24. The quantitative estimate of drug-likeness (QED) is 0.927. The van der Waals surface area contributed by atoms with E-state index in [9.17, 15) is 22.8 Å². The van der Waals surface area contributed by atoms with Crippen molar-refractivity contribution in [3.05, 3.63) is 23.9 Å². The molecular formula is C15H18F3N3O2. The van der Waals surface area contributed by atoms with E-state index in [4.69, 9.17) is 0 Å². The molecule has 0 saturated carbocycles. The van der Waals surface area contributed by atoms with Gasteiger partial charge in [0.1, 0.15) is 12.2 Å². The minimum absolute atomic E-state index is 0.00651. The van der Waals surface area contributed by atoms with Crippen molar-refractivity contribution in [3.63, 3.8) is 0 Å². The fraction of sp³-hybridized carbons (Fsp3) is 0.533. The molecule has 0 radical (unpaired) electrons. The highest BCUT2D eigenvalue weighted by Gasteiger charge is 2.36. The molecule has 8 heteroatoms. The Balaban J connectivity index is 1.95. The Kier molecular flexibility index (Phi) is 5.23. The number of carbonyl (C=O) groups is 2. The van der Waals surface area contributed by atoms with E-state index in [2.05, 4.69) is 10.3 Å². The third-order valence-corrected chi connectivity index (χ3v) is 3.64. The Labute approximate surface area is 131 Å². The topological polar surface area (TPSA) is 62.3 Å². The molecule has 5 nitrogen and oxygen atoms in total. The van der Waals surface area contributed by atoms with Gasteiger partial charge in [-0.15, -0.1) is 0 Å². The molecule has 2 amide bonds. The molecular weight excluding hydrogens is 311 g/mol.